The maximum absolute atomic E-state index is 12.5. The van der Waals surface area contributed by atoms with Gasteiger partial charge in [0.2, 0.25) is 11.8 Å². The Hall–Kier alpha value is -2.62. The summed E-state index contributed by atoms with van der Waals surface area (Å²) < 4.78 is 0. The van der Waals surface area contributed by atoms with E-state index < -0.39 is 0 Å². The number of benzene rings is 2. The largest absolute Gasteiger partial charge is 0.327 e. The molecular weight excluding hydrogens is 288 g/mol. The molecule has 1 unspecified atom stereocenters. The molecule has 0 heterocycles. The average molecular weight is 310 g/mol. The molecule has 2 aromatic rings. The van der Waals surface area contributed by atoms with Crippen LogP contribution in [-0.4, -0.2) is 30.3 Å². The smallest absolute Gasteiger partial charge is 0.246 e. The number of rotatable bonds is 5. The Morgan fingerprint density at radius 2 is 1.48 bits per heavy atom. The number of hydrogen-bond donors (Lipinski definition) is 0. The summed E-state index contributed by atoms with van der Waals surface area (Å²) in [7, 11) is 1.73. The molecule has 0 radical (unpaired) electrons. The molecule has 120 valence electrons. The van der Waals surface area contributed by atoms with E-state index >= 15 is 0 Å². The average Bonchev–Trinajstić information content (AvgIpc) is 2.59. The fraction of sp³-hybridized carbons (Fsp3) is 0.263. The summed E-state index contributed by atoms with van der Waals surface area (Å²) in [5.74, 6) is -0.231. The highest BCUT2D eigenvalue weighted by Crippen LogP contribution is 2.20. The molecule has 0 aromatic heterocycles. The van der Waals surface area contributed by atoms with Crippen LogP contribution in [0.4, 0.5) is 5.69 Å². The number of carbonyl (C=O) groups excluding carboxylic acids is 2. The first-order valence-corrected chi connectivity index (χ1v) is 7.64. The van der Waals surface area contributed by atoms with E-state index in [0.29, 0.717) is 0 Å². The Morgan fingerprint density at radius 1 is 0.957 bits per heavy atom. The molecule has 2 rings (SSSR count). The first kappa shape index (κ1) is 16.7. The van der Waals surface area contributed by atoms with Crippen molar-refractivity contribution in [3.05, 3.63) is 66.2 Å². The highest BCUT2D eigenvalue weighted by molar-refractivity contribution is 5.96. The van der Waals surface area contributed by atoms with Crippen molar-refractivity contribution in [2.24, 2.45) is 0 Å². The van der Waals surface area contributed by atoms with Gasteiger partial charge in [0.25, 0.3) is 0 Å². The van der Waals surface area contributed by atoms with Gasteiger partial charge in [0.15, 0.2) is 0 Å². The first-order valence-electron chi connectivity index (χ1n) is 7.64. The number of likely N-dealkylation sites (N-methyl/N-ethyl adjacent to an activating group) is 1. The molecule has 0 N–H and O–H groups in total. The summed E-state index contributed by atoms with van der Waals surface area (Å²) in [5, 5.41) is 0. The van der Waals surface area contributed by atoms with Crippen LogP contribution in [0.5, 0.6) is 0 Å². The van der Waals surface area contributed by atoms with Crippen molar-refractivity contribution in [3.63, 3.8) is 0 Å². The predicted octanol–water partition coefficient (Wildman–Crippen LogP) is 3.26. The van der Waals surface area contributed by atoms with Gasteiger partial charge < -0.3 is 9.80 Å². The molecule has 0 bridgehead atoms. The summed E-state index contributed by atoms with van der Waals surface area (Å²) in [6, 6.07) is 19.0. The van der Waals surface area contributed by atoms with Crippen molar-refractivity contribution in [2.75, 3.05) is 18.5 Å². The minimum atomic E-state index is -0.151. The quantitative estimate of drug-likeness (QED) is 0.850. The van der Waals surface area contributed by atoms with Gasteiger partial charge in [-0.05, 0) is 24.6 Å². The second-order valence-corrected chi connectivity index (χ2v) is 5.52. The molecule has 2 amide bonds. The van der Waals surface area contributed by atoms with Crippen LogP contribution in [0.2, 0.25) is 0 Å². The zero-order valence-corrected chi connectivity index (χ0v) is 13.8. The Balaban J connectivity index is 2.13. The molecule has 23 heavy (non-hydrogen) atoms. The number of carbonyl (C=O) groups is 2. The molecule has 0 aliphatic rings. The van der Waals surface area contributed by atoms with E-state index in [2.05, 4.69) is 0 Å². The van der Waals surface area contributed by atoms with Gasteiger partial charge in [-0.3, -0.25) is 9.59 Å². The normalized spacial score (nSPS) is 11.6. The van der Waals surface area contributed by atoms with E-state index in [1.165, 1.54) is 6.92 Å². The first-order chi connectivity index (χ1) is 11.0. The number of hydrogen-bond acceptors (Lipinski definition) is 2. The van der Waals surface area contributed by atoms with Crippen molar-refractivity contribution < 1.29 is 9.59 Å². The van der Waals surface area contributed by atoms with Gasteiger partial charge in [-0.15, -0.1) is 0 Å². The fourth-order valence-corrected chi connectivity index (χ4v) is 2.48. The van der Waals surface area contributed by atoms with Gasteiger partial charge in [0, 0.05) is 19.7 Å². The summed E-state index contributed by atoms with van der Waals surface area (Å²) in [6.45, 7) is 3.48. The monoisotopic (exact) mass is 310 g/mol. The Labute approximate surface area is 137 Å². The minimum absolute atomic E-state index is 0.0524. The fourth-order valence-electron chi connectivity index (χ4n) is 2.48. The van der Waals surface area contributed by atoms with Crippen molar-refractivity contribution >= 4 is 17.5 Å². The lowest BCUT2D eigenvalue weighted by Crippen LogP contribution is -2.41. The lowest BCUT2D eigenvalue weighted by Gasteiger charge is -2.30. The molecule has 0 aliphatic heterocycles. The van der Waals surface area contributed by atoms with Crippen LogP contribution < -0.4 is 4.90 Å². The van der Waals surface area contributed by atoms with Crippen LogP contribution >= 0.6 is 0 Å². The molecule has 4 nitrogen and oxygen atoms in total. The van der Waals surface area contributed by atoms with E-state index in [1.54, 1.807) is 16.8 Å². The van der Waals surface area contributed by atoms with Gasteiger partial charge in [-0.25, -0.2) is 0 Å². The number of nitrogens with zero attached hydrogens (tertiary/aromatic N) is 2. The molecular formula is C19H22N2O2. The van der Waals surface area contributed by atoms with Gasteiger partial charge in [0.1, 0.15) is 6.54 Å². The SMILES string of the molecule is CC(=O)N(CC(=O)N(C)c1ccccc1)C(C)c1ccccc1. The van der Waals surface area contributed by atoms with Crippen LogP contribution in [0.3, 0.4) is 0 Å². The lowest BCUT2D eigenvalue weighted by molar-refractivity contribution is -0.135. The third kappa shape index (κ3) is 4.19. The minimum Gasteiger partial charge on any atom is -0.327 e. The highest BCUT2D eigenvalue weighted by atomic mass is 16.2. The Morgan fingerprint density at radius 3 is 2.00 bits per heavy atom. The topological polar surface area (TPSA) is 40.6 Å². The summed E-state index contributed by atoms with van der Waals surface area (Å²) in [6.07, 6.45) is 0. The van der Waals surface area contributed by atoms with Crippen molar-refractivity contribution in [3.8, 4) is 0 Å². The lowest BCUT2D eigenvalue weighted by atomic mass is 10.1. The zero-order valence-electron chi connectivity index (χ0n) is 13.8. The van der Waals surface area contributed by atoms with Crippen LogP contribution in [0.1, 0.15) is 25.5 Å². The number of anilines is 1. The second-order valence-electron chi connectivity index (χ2n) is 5.52. The molecule has 0 saturated heterocycles. The molecule has 0 spiro atoms. The molecule has 0 saturated carbocycles. The summed E-state index contributed by atoms with van der Waals surface area (Å²) in [5.41, 5.74) is 1.83. The van der Waals surface area contributed by atoms with E-state index in [1.807, 2.05) is 67.6 Å². The third-order valence-electron chi connectivity index (χ3n) is 3.98. The molecule has 2 aromatic carbocycles. The van der Waals surface area contributed by atoms with Crippen molar-refractivity contribution in [1.82, 2.24) is 4.90 Å². The van der Waals surface area contributed by atoms with Crippen LogP contribution in [0.25, 0.3) is 0 Å². The molecule has 0 fully saturated rings. The standard InChI is InChI=1S/C19H22N2O2/c1-15(17-10-6-4-7-11-17)21(16(2)22)14-19(23)20(3)18-12-8-5-9-13-18/h4-13,15H,14H2,1-3H3. The number of para-hydroxylation sites is 1. The van der Waals surface area contributed by atoms with Gasteiger partial charge in [0.05, 0.1) is 6.04 Å². The van der Waals surface area contributed by atoms with E-state index in [9.17, 15) is 9.59 Å². The maximum Gasteiger partial charge on any atom is 0.246 e. The van der Waals surface area contributed by atoms with Crippen LogP contribution in [-0.2, 0) is 9.59 Å². The number of amides is 2. The summed E-state index contributed by atoms with van der Waals surface area (Å²) in [4.78, 5) is 27.7. The predicted molar refractivity (Wildman–Crippen MR) is 92.1 cm³/mol. The van der Waals surface area contributed by atoms with E-state index in [4.69, 9.17) is 0 Å². The van der Waals surface area contributed by atoms with Gasteiger partial charge in [-0.2, -0.15) is 0 Å². The Kier molecular flexibility index (Phi) is 5.52. The summed E-state index contributed by atoms with van der Waals surface area (Å²) >= 11 is 0. The second kappa shape index (κ2) is 7.58. The van der Waals surface area contributed by atoms with Crippen LogP contribution in [0.15, 0.2) is 60.7 Å². The zero-order chi connectivity index (χ0) is 16.8. The van der Waals surface area contributed by atoms with Crippen molar-refractivity contribution in [1.29, 1.82) is 0 Å². The van der Waals surface area contributed by atoms with E-state index in [-0.39, 0.29) is 24.4 Å². The van der Waals surface area contributed by atoms with Crippen LogP contribution in [0, 0.1) is 0 Å². The van der Waals surface area contributed by atoms with Crippen molar-refractivity contribution in [2.45, 2.75) is 19.9 Å². The van der Waals surface area contributed by atoms with Gasteiger partial charge >= 0.3 is 0 Å². The Bertz CT molecular complexity index is 656. The maximum atomic E-state index is 12.5. The molecule has 4 heteroatoms. The third-order valence-corrected chi connectivity index (χ3v) is 3.98. The van der Waals surface area contributed by atoms with Gasteiger partial charge in [-0.1, -0.05) is 48.5 Å². The van der Waals surface area contributed by atoms with E-state index in [0.717, 1.165) is 11.3 Å². The molecule has 0 aliphatic carbocycles. The molecule has 1 atom stereocenters. The highest BCUT2D eigenvalue weighted by Gasteiger charge is 2.23.